The van der Waals surface area contributed by atoms with Crippen molar-refractivity contribution in [1.29, 1.82) is 0 Å². The molecule has 1 aromatic rings. The van der Waals surface area contributed by atoms with Gasteiger partial charge in [-0.2, -0.15) is 0 Å². The van der Waals surface area contributed by atoms with Crippen LogP contribution < -0.4 is 10.1 Å². The summed E-state index contributed by atoms with van der Waals surface area (Å²) in [6.45, 7) is 0.418. The van der Waals surface area contributed by atoms with Crippen LogP contribution in [0.15, 0.2) is 24.3 Å². The number of aliphatic carboxylic acids is 1. The molecule has 0 radical (unpaired) electrons. The SMILES string of the molecule is COc1ccc(CN2CCC(=O)C(C(=O)NCCC(=O)O)C2=O)cc1. The molecule has 1 aliphatic heterocycles. The lowest BCUT2D eigenvalue weighted by atomic mass is 9.94. The average Bonchev–Trinajstić information content (AvgIpc) is 2.58. The molecule has 1 saturated heterocycles. The van der Waals surface area contributed by atoms with E-state index in [2.05, 4.69) is 5.32 Å². The topological polar surface area (TPSA) is 113 Å². The maximum atomic E-state index is 12.5. The smallest absolute Gasteiger partial charge is 0.305 e. The van der Waals surface area contributed by atoms with Crippen LogP contribution in [0.1, 0.15) is 18.4 Å². The van der Waals surface area contributed by atoms with Gasteiger partial charge >= 0.3 is 5.97 Å². The third-order valence-corrected chi connectivity index (χ3v) is 3.94. The number of carboxylic acids is 1. The fourth-order valence-corrected chi connectivity index (χ4v) is 2.58. The van der Waals surface area contributed by atoms with Crippen LogP contribution in [-0.4, -0.2) is 53.8 Å². The first-order valence-electron chi connectivity index (χ1n) is 7.86. The summed E-state index contributed by atoms with van der Waals surface area (Å²) in [5.74, 6) is -3.51. The molecule has 0 bridgehead atoms. The standard InChI is InChI=1S/C17H20N2O6/c1-25-12-4-2-11(3-5-12)10-19-9-7-13(20)15(17(19)24)16(23)18-8-6-14(21)22/h2-5,15H,6-10H2,1H3,(H,18,23)(H,21,22). The second-order valence-electron chi connectivity index (χ2n) is 5.69. The Kier molecular flexibility index (Phi) is 6.10. The lowest BCUT2D eigenvalue weighted by Gasteiger charge is -2.30. The normalized spacial score (nSPS) is 17.3. The predicted molar refractivity (Wildman–Crippen MR) is 86.8 cm³/mol. The van der Waals surface area contributed by atoms with Crippen molar-refractivity contribution in [3.8, 4) is 5.75 Å². The molecule has 8 heteroatoms. The third kappa shape index (κ3) is 4.79. The van der Waals surface area contributed by atoms with Gasteiger partial charge in [0, 0.05) is 26.1 Å². The van der Waals surface area contributed by atoms with E-state index in [1.54, 1.807) is 19.2 Å². The second kappa shape index (κ2) is 8.27. The number of rotatable bonds is 7. The molecule has 1 heterocycles. The number of carbonyl (C=O) groups excluding carboxylic acids is 3. The fourth-order valence-electron chi connectivity index (χ4n) is 2.58. The summed E-state index contributed by atoms with van der Waals surface area (Å²) in [7, 11) is 1.56. The van der Waals surface area contributed by atoms with E-state index < -0.39 is 29.5 Å². The molecule has 1 fully saturated rings. The summed E-state index contributed by atoms with van der Waals surface area (Å²) in [5.41, 5.74) is 0.855. The van der Waals surface area contributed by atoms with Gasteiger partial charge in [0.2, 0.25) is 11.8 Å². The fraction of sp³-hybridized carbons (Fsp3) is 0.412. The van der Waals surface area contributed by atoms with Gasteiger partial charge in [-0.1, -0.05) is 12.1 Å². The van der Waals surface area contributed by atoms with Gasteiger partial charge in [0.15, 0.2) is 11.7 Å². The summed E-state index contributed by atoms with van der Waals surface area (Å²) in [6.07, 6.45) is -0.171. The Hall–Kier alpha value is -2.90. The van der Waals surface area contributed by atoms with Gasteiger partial charge < -0.3 is 20.1 Å². The third-order valence-electron chi connectivity index (χ3n) is 3.94. The van der Waals surface area contributed by atoms with Crippen LogP contribution in [-0.2, 0) is 25.7 Å². The van der Waals surface area contributed by atoms with Crippen LogP contribution >= 0.6 is 0 Å². The lowest BCUT2D eigenvalue weighted by Crippen LogP contribution is -2.51. The maximum Gasteiger partial charge on any atom is 0.305 e. The monoisotopic (exact) mass is 348 g/mol. The highest BCUT2D eigenvalue weighted by Gasteiger charge is 2.40. The molecule has 1 atom stereocenters. The van der Waals surface area contributed by atoms with Crippen LogP contribution in [0.2, 0.25) is 0 Å². The first kappa shape index (κ1) is 18.4. The summed E-state index contributed by atoms with van der Waals surface area (Å²) in [5, 5.41) is 10.9. The van der Waals surface area contributed by atoms with Gasteiger partial charge in [-0.15, -0.1) is 0 Å². The highest BCUT2D eigenvalue weighted by Crippen LogP contribution is 2.19. The van der Waals surface area contributed by atoms with Crippen molar-refractivity contribution in [2.75, 3.05) is 20.2 Å². The Labute approximate surface area is 144 Å². The van der Waals surface area contributed by atoms with E-state index in [-0.39, 0.29) is 32.5 Å². The minimum absolute atomic E-state index is 0.0961. The minimum atomic E-state index is -1.40. The minimum Gasteiger partial charge on any atom is -0.497 e. The van der Waals surface area contributed by atoms with Crippen molar-refractivity contribution < 1.29 is 29.0 Å². The molecule has 25 heavy (non-hydrogen) atoms. The Balaban J connectivity index is 2.01. The van der Waals surface area contributed by atoms with Crippen molar-refractivity contribution in [2.45, 2.75) is 19.4 Å². The van der Waals surface area contributed by atoms with Gasteiger partial charge in [-0.05, 0) is 17.7 Å². The van der Waals surface area contributed by atoms with E-state index in [0.29, 0.717) is 5.75 Å². The van der Waals surface area contributed by atoms with E-state index in [1.165, 1.54) is 4.90 Å². The number of piperidine rings is 1. The predicted octanol–water partition coefficient (Wildman–Crippen LogP) is 0.204. The van der Waals surface area contributed by atoms with E-state index in [1.807, 2.05) is 12.1 Å². The Morgan fingerprint density at radius 3 is 2.56 bits per heavy atom. The number of ether oxygens (including phenoxy) is 1. The van der Waals surface area contributed by atoms with Crippen molar-refractivity contribution >= 4 is 23.6 Å². The highest BCUT2D eigenvalue weighted by atomic mass is 16.5. The van der Waals surface area contributed by atoms with Crippen LogP contribution in [0.5, 0.6) is 5.75 Å². The molecule has 1 aliphatic rings. The largest absolute Gasteiger partial charge is 0.497 e. The number of hydrogen-bond donors (Lipinski definition) is 2. The van der Waals surface area contributed by atoms with Crippen LogP contribution in [0.3, 0.4) is 0 Å². The van der Waals surface area contributed by atoms with E-state index in [4.69, 9.17) is 9.84 Å². The Bertz CT molecular complexity index is 670. The van der Waals surface area contributed by atoms with E-state index in [9.17, 15) is 19.2 Å². The molecule has 2 rings (SSSR count). The quantitative estimate of drug-likeness (QED) is 0.681. The number of carboxylic acid groups (broad SMARTS) is 1. The summed E-state index contributed by atoms with van der Waals surface area (Å²) in [4.78, 5) is 48.5. The number of amides is 2. The number of Topliss-reactive ketones (excluding diaryl/α,β-unsaturated/α-hetero) is 1. The molecule has 2 N–H and O–H groups in total. The molecule has 0 aliphatic carbocycles. The Morgan fingerprint density at radius 2 is 1.96 bits per heavy atom. The first-order chi connectivity index (χ1) is 11.9. The number of nitrogens with zero attached hydrogens (tertiary/aromatic N) is 1. The molecule has 2 amide bonds. The zero-order chi connectivity index (χ0) is 18.4. The van der Waals surface area contributed by atoms with Crippen molar-refractivity contribution in [3.05, 3.63) is 29.8 Å². The summed E-state index contributed by atoms with van der Waals surface area (Å²) >= 11 is 0. The van der Waals surface area contributed by atoms with Crippen molar-refractivity contribution in [1.82, 2.24) is 10.2 Å². The second-order valence-corrected chi connectivity index (χ2v) is 5.69. The van der Waals surface area contributed by atoms with E-state index >= 15 is 0 Å². The van der Waals surface area contributed by atoms with Gasteiger partial charge in [-0.3, -0.25) is 19.2 Å². The first-order valence-corrected chi connectivity index (χ1v) is 7.86. The van der Waals surface area contributed by atoms with Crippen LogP contribution in [0, 0.1) is 5.92 Å². The molecule has 0 spiro atoms. The summed E-state index contributed by atoms with van der Waals surface area (Å²) in [6, 6.07) is 7.16. The zero-order valence-corrected chi connectivity index (χ0v) is 13.9. The number of carbonyl (C=O) groups is 4. The number of ketones is 1. The lowest BCUT2D eigenvalue weighted by molar-refractivity contribution is -0.151. The highest BCUT2D eigenvalue weighted by molar-refractivity contribution is 6.19. The van der Waals surface area contributed by atoms with Gasteiger partial charge in [0.1, 0.15) is 5.75 Å². The zero-order valence-electron chi connectivity index (χ0n) is 13.9. The molecule has 8 nitrogen and oxygen atoms in total. The molecule has 0 aromatic heterocycles. The number of methoxy groups -OCH3 is 1. The van der Waals surface area contributed by atoms with Crippen LogP contribution in [0.25, 0.3) is 0 Å². The van der Waals surface area contributed by atoms with Gasteiger partial charge in [0.25, 0.3) is 0 Å². The van der Waals surface area contributed by atoms with Crippen LogP contribution in [0.4, 0.5) is 0 Å². The number of nitrogens with one attached hydrogen (secondary N) is 1. The van der Waals surface area contributed by atoms with Crippen molar-refractivity contribution in [2.24, 2.45) is 5.92 Å². The Morgan fingerprint density at radius 1 is 1.28 bits per heavy atom. The molecule has 134 valence electrons. The van der Waals surface area contributed by atoms with Gasteiger partial charge in [-0.25, -0.2) is 0 Å². The molecule has 0 saturated carbocycles. The van der Waals surface area contributed by atoms with E-state index in [0.717, 1.165) is 5.56 Å². The number of likely N-dealkylation sites (tertiary alicyclic amines) is 1. The molecular weight excluding hydrogens is 328 g/mol. The number of benzene rings is 1. The molecule has 1 aromatic carbocycles. The molecule has 1 unspecified atom stereocenters. The average molecular weight is 348 g/mol. The summed E-state index contributed by atoms with van der Waals surface area (Å²) < 4.78 is 5.08. The maximum absolute atomic E-state index is 12.5. The molecular formula is C17H20N2O6. The van der Waals surface area contributed by atoms with Gasteiger partial charge in [0.05, 0.1) is 13.5 Å². The van der Waals surface area contributed by atoms with Crippen molar-refractivity contribution in [3.63, 3.8) is 0 Å². The number of hydrogen-bond acceptors (Lipinski definition) is 5.